The Morgan fingerprint density at radius 1 is 1.35 bits per heavy atom. The van der Waals surface area contributed by atoms with E-state index in [2.05, 4.69) is 4.98 Å². The minimum absolute atomic E-state index is 0.0540. The molecule has 0 spiro atoms. The largest absolute Gasteiger partial charge is 0.456 e. The second-order valence-electron chi connectivity index (χ2n) is 5.06. The van der Waals surface area contributed by atoms with Gasteiger partial charge in [0.15, 0.2) is 0 Å². The Hall–Kier alpha value is -2.18. The predicted octanol–water partition coefficient (Wildman–Crippen LogP) is 3.38. The lowest BCUT2D eigenvalue weighted by atomic mass is 10.2. The van der Waals surface area contributed by atoms with Crippen LogP contribution in [0.4, 0.5) is 0 Å². The molecule has 3 heterocycles. The third kappa shape index (κ3) is 3.28. The first-order chi connectivity index (χ1) is 10.9. The van der Waals surface area contributed by atoms with Crippen molar-refractivity contribution in [3.63, 3.8) is 0 Å². The number of hydrogen-bond acceptors (Lipinski definition) is 5. The second-order valence-corrected chi connectivity index (χ2v) is 6.96. The number of hydrogen-bond donors (Lipinski definition) is 0. The number of fused-ring (bicyclic) bond motifs is 1. The molecule has 0 radical (unpaired) electrons. The summed E-state index contributed by atoms with van der Waals surface area (Å²) in [5.74, 6) is -0.412. The van der Waals surface area contributed by atoms with Crippen molar-refractivity contribution in [2.75, 3.05) is 0 Å². The van der Waals surface area contributed by atoms with E-state index >= 15 is 0 Å². The van der Waals surface area contributed by atoms with E-state index in [4.69, 9.17) is 16.3 Å². The Bertz CT molecular complexity index is 962. The maximum atomic E-state index is 12.1. The van der Waals surface area contributed by atoms with Gasteiger partial charge < -0.3 is 4.74 Å². The number of esters is 1. The molecule has 7 heteroatoms. The minimum Gasteiger partial charge on any atom is -0.456 e. The Kier molecular flexibility index (Phi) is 4.19. The maximum absolute atomic E-state index is 12.1. The number of aromatic nitrogens is 2. The highest BCUT2D eigenvalue weighted by Gasteiger charge is 2.14. The summed E-state index contributed by atoms with van der Waals surface area (Å²) in [5.41, 5.74) is 1.13. The Morgan fingerprint density at radius 3 is 2.83 bits per heavy atom. The number of rotatable bonds is 3. The molecule has 0 N–H and O–H groups in total. The summed E-state index contributed by atoms with van der Waals surface area (Å²) < 4.78 is 6.61. The fourth-order valence-corrected chi connectivity index (χ4v) is 3.32. The smallest absolute Gasteiger partial charge is 0.339 e. The molecule has 0 saturated carbocycles. The van der Waals surface area contributed by atoms with Crippen LogP contribution in [0.25, 0.3) is 5.65 Å². The third-order valence-electron chi connectivity index (χ3n) is 3.29. The average molecular weight is 349 g/mol. The summed E-state index contributed by atoms with van der Waals surface area (Å²) in [7, 11) is 0. The van der Waals surface area contributed by atoms with Crippen LogP contribution in [-0.4, -0.2) is 15.4 Å². The van der Waals surface area contributed by atoms with Crippen LogP contribution < -0.4 is 5.56 Å². The molecule has 0 aliphatic rings. The van der Waals surface area contributed by atoms with E-state index in [0.717, 1.165) is 9.75 Å². The first-order valence-electron chi connectivity index (χ1n) is 6.86. The number of halogens is 1. The van der Waals surface area contributed by atoms with Crippen LogP contribution in [0.2, 0.25) is 5.02 Å². The predicted molar refractivity (Wildman–Crippen MR) is 89.4 cm³/mol. The van der Waals surface area contributed by atoms with Gasteiger partial charge in [0, 0.05) is 22.0 Å². The molecule has 23 heavy (non-hydrogen) atoms. The molecule has 0 aromatic carbocycles. The first kappa shape index (κ1) is 15.7. The highest BCUT2D eigenvalue weighted by atomic mass is 35.5. The van der Waals surface area contributed by atoms with Gasteiger partial charge in [-0.15, -0.1) is 11.3 Å². The van der Waals surface area contributed by atoms with Gasteiger partial charge in [-0.1, -0.05) is 11.6 Å². The van der Waals surface area contributed by atoms with Gasteiger partial charge in [0.2, 0.25) is 0 Å². The molecule has 3 aromatic heterocycles. The van der Waals surface area contributed by atoms with Crippen LogP contribution in [0, 0.1) is 13.8 Å². The molecule has 0 amide bonds. The zero-order valence-corrected chi connectivity index (χ0v) is 14.1. The zero-order valence-electron chi connectivity index (χ0n) is 12.5. The highest BCUT2D eigenvalue weighted by molar-refractivity contribution is 7.12. The third-order valence-corrected chi connectivity index (χ3v) is 4.48. The van der Waals surface area contributed by atoms with Crippen LogP contribution in [0.3, 0.4) is 0 Å². The lowest BCUT2D eigenvalue weighted by molar-refractivity contribution is 0.0467. The Morgan fingerprint density at radius 2 is 2.13 bits per heavy atom. The monoisotopic (exact) mass is 348 g/mol. The van der Waals surface area contributed by atoms with E-state index in [-0.39, 0.29) is 12.2 Å². The van der Waals surface area contributed by atoms with Crippen molar-refractivity contribution < 1.29 is 9.53 Å². The Balaban J connectivity index is 1.82. The van der Waals surface area contributed by atoms with E-state index in [1.54, 1.807) is 29.5 Å². The van der Waals surface area contributed by atoms with Crippen LogP contribution in [0.1, 0.15) is 25.8 Å². The molecule has 3 rings (SSSR count). The van der Waals surface area contributed by atoms with Crippen molar-refractivity contribution in [2.45, 2.75) is 20.5 Å². The van der Waals surface area contributed by atoms with E-state index < -0.39 is 5.97 Å². The number of nitrogens with zero attached hydrogens (tertiary/aromatic N) is 2. The summed E-state index contributed by atoms with van der Waals surface area (Å²) in [6, 6.07) is 6.42. The van der Waals surface area contributed by atoms with Crippen molar-refractivity contribution >= 4 is 34.6 Å². The van der Waals surface area contributed by atoms with E-state index in [1.165, 1.54) is 16.7 Å². The fourth-order valence-electron chi connectivity index (χ4n) is 2.25. The molecule has 0 fully saturated rings. The van der Waals surface area contributed by atoms with Gasteiger partial charge in [0.25, 0.3) is 5.56 Å². The second kappa shape index (κ2) is 6.14. The van der Waals surface area contributed by atoms with E-state index in [1.807, 2.05) is 13.8 Å². The van der Waals surface area contributed by atoms with Crippen LogP contribution in [-0.2, 0) is 11.3 Å². The van der Waals surface area contributed by atoms with Gasteiger partial charge >= 0.3 is 5.97 Å². The zero-order chi connectivity index (χ0) is 16.6. The number of ether oxygens (including phenoxy) is 1. The molecule has 0 unspecified atom stereocenters. The molecule has 0 aliphatic carbocycles. The lowest BCUT2D eigenvalue weighted by Gasteiger charge is -2.06. The van der Waals surface area contributed by atoms with Crippen molar-refractivity contribution in [1.29, 1.82) is 0 Å². The van der Waals surface area contributed by atoms with Crippen molar-refractivity contribution in [3.8, 4) is 0 Å². The molecule has 0 aliphatic heterocycles. The standard InChI is InChI=1S/C16H13ClN2O3S/c1-9-5-13(10(2)23-9)16(21)22-8-12-6-15(20)19-7-11(17)3-4-14(19)18-12/h3-7H,8H2,1-2H3. The van der Waals surface area contributed by atoms with Gasteiger partial charge in [0.1, 0.15) is 12.3 Å². The van der Waals surface area contributed by atoms with Gasteiger partial charge in [-0.05, 0) is 32.0 Å². The average Bonchev–Trinajstić information content (AvgIpc) is 2.84. The number of aryl methyl sites for hydroxylation is 2. The highest BCUT2D eigenvalue weighted by Crippen LogP contribution is 2.21. The molecule has 5 nitrogen and oxygen atoms in total. The van der Waals surface area contributed by atoms with Crippen molar-refractivity contribution in [3.05, 3.63) is 66.9 Å². The van der Waals surface area contributed by atoms with Crippen molar-refractivity contribution in [1.82, 2.24) is 9.38 Å². The topological polar surface area (TPSA) is 60.7 Å². The molecule has 118 valence electrons. The van der Waals surface area contributed by atoms with Crippen LogP contribution >= 0.6 is 22.9 Å². The fraction of sp³-hybridized carbons (Fsp3) is 0.188. The SMILES string of the molecule is Cc1cc(C(=O)OCc2cc(=O)n3cc(Cl)ccc3n2)c(C)s1. The number of thiophene rings is 1. The Labute approximate surface area is 141 Å². The van der Waals surface area contributed by atoms with Gasteiger partial charge in [0.05, 0.1) is 16.3 Å². The summed E-state index contributed by atoms with van der Waals surface area (Å²) in [4.78, 5) is 30.4. The number of carbonyl (C=O) groups excluding carboxylic acids is 1. The van der Waals surface area contributed by atoms with Crippen LogP contribution in [0.15, 0.2) is 35.3 Å². The molecular formula is C16H13ClN2O3S. The normalized spacial score (nSPS) is 10.9. The summed E-state index contributed by atoms with van der Waals surface area (Å²) in [6.45, 7) is 3.76. The van der Waals surface area contributed by atoms with Gasteiger partial charge in [-0.2, -0.15) is 0 Å². The first-order valence-corrected chi connectivity index (χ1v) is 8.05. The van der Waals surface area contributed by atoms with E-state index in [0.29, 0.717) is 21.9 Å². The summed E-state index contributed by atoms with van der Waals surface area (Å²) in [6.07, 6.45) is 1.50. The molecule has 3 aromatic rings. The maximum Gasteiger partial charge on any atom is 0.339 e. The molecule has 0 bridgehead atoms. The molecular weight excluding hydrogens is 336 g/mol. The number of carbonyl (C=O) groups is 1. The van der Waals surface area contributed by atoms with Crippen LogP contribution in [0.5, 0.6) is 0 Å². The lowest BCUT2D eigenvalue weighted by Crippen LogP contribution is -2.16. The molecule has 0 saturated heterocycles. The summed E-state index contributed by atoms with van der Waals surface area (Å²) in [5, 5.41) is 0.448. The quantitative estimate of drug-likeness (QED) is 0.681. The molecule has 0 atom stereocenters. The summed E-state index contributed by atoms with van der Waals surface area (Å²) >= 11 is 7.40. The van der Waals surface area contributed by atoms with Crippen molar-refractivity contribution in [2.24, 2.45) is 0 Å². The van der Waals surface area contributed by atoms with Gasteiger partial charge in [-0.3, -0.25) is 9.20 Å². The van der Waals surface area contributed by atoms with Gasteiger partial charge in [-0.25, -0.2) is 9.78 Å². The minimum atomic E-state index is -0.412. The number of pyridine rings is 1. The van der Waals surface area contributed by atoms with E-state index in [9.17, 15) is 9.59 Å².